The van der Waals surface area contributed by atoms with E-state index in [4.69, 9.17) is 32.7 Å². The lowest BCUT2D eigenvalue weighted by molar-refractivity contribution is -0.139. The van der Waals surface area contributed by atoms with Gasteiger partial charge in [-0.25, -0.2) is 0 Å². The number of methoxy groups -OCH3 is 1. The first kappa shape index (κ1) is 23.4. The summed E-state index contributed by atoms with van der Waals surface area (Å²) in [6.07, 6.45) is 4.13. The summed E-state index contributed by atoms with van der Waals surface area (Å²) in [6.45, 7) is -0.00859. The Labute approximate surface area is 201 Å². The van der Waals surface area contributed by atoms with E-state index in [2.05, 4.69) is 5.32 Å². The number of carbonyl (C=O) groups excluding carboxylic acids is 3. The van der Waals surface area contributed by atoms with Crippen molar-refractivity contribution in [2.75, 3.05) is 7.11 Å². The molecule has 9 heteroatoms. The van der Waals surface area contributed by atoms with Crippen LogP contribution in [0.1, 0.15) is 48.0 Å². The molecule has 7 nitrogen and oxygen atoms in total. The van der Waals surface area contributed by atoms with E-state index in [-0.39, 0.29) is 25.0 Å². The molecule has 1 aliphatic carbocycles. The fraction of sp³-hybridized carbons (Fsp3) is 0.375. The molecule has 2 fully saturated rings. The maximum Gasteiger partial charge on any atom is 0.252 e. The molecule has 1 saturated heterocycles. The quantitative estimate of drug-likeness (QED) is 0.582. The molecule has 1 N–H and O–H groups in total. The van der Waals surface area contributed by atoms with Crippen LogP contribution in [0.5, 0.6) is 11.5 Å². The second-order valence-corrected chi connectivity index (χ2v) is 9.02. The average molecular weight is 491 g/mol. The van der Waals surface area contributed by atoms with Crippen LogP contribution in [0.15, 0.2) is 36.4 Å². The molecule has 0 spiro atoms. The van der Waals surface area contributed by atoms with Gasteiger partial charge in [0.25, 0.3) is 11.8 Å². The Morgan fingerprint density at radius 3 is 2.58 bits per heavy atom. The summed E-state index contributed by atoms with van der Waals surface area (Å²) in [5, 5.41) is 3.52. The predicted molar refractivity (Wildman–Crippen MR) is 124 cm³/mol. The lowest BCUT2D eigenvalue weighted by Crippen LogP contribution is -2.41. The van der Waals surface area contributed by atoms with Gasteiger partial charge < -0.3 is 14.8 Å². The third kappa shape index (κ3) is 5.25. The van der Waals surface area contributed by atoms with Gasteiger partial charge in [-0.2, -0.15) is 0 Å². The highest BCUT2D eigenvalue weighted by molar-refractivity contribution is 6.33. The molecule has 174 valence electrons. The zero-order valence-corrected chi connectivity index (χ0v) is 19.6. The van der Waals surface area contributed by atoms with Gasteiger partial charge in [0, 0.05) is 15.6 Å². The lowest BCUT2D eigenvalue weighted by atomic mass is 10.1. The zero-order chi connectivity index (χ0) is 23.5. The Morgan fingerprint density at radius 2 is 1.85 bits per heavy atom. The molecule has 1 saturated carbocycles. The summed E-state index contributed by atoms with van der Waals surface area (Å²) in [4.78, 5) is 39.3. The number of ether oxygens (including phenoxy) is 2. The fourth-order valence-corrected chi connectivity index (χ4v) is 4.51. The molecule has 0 unspecified atom stereocenters. The minimum atomic E-state index is -0.954. The minimum absolute atomic E-state index is 0.00859. The molecule has 1 aliphatic heterocycles. The first-order valence-electron chi connectivity index (χ1n) is 10.8. The molecular weight excluding hydrogens is 467 g/mol. The number of nitrogens with one attached hydrogen (secondary N) is 1. The van der Waals surface area contributed by atoms with Gasteiger partial charge in [0.2, 0.25) is 5.91 Å². The number of benzene rings is 2. The summed E-state index contributed by atoms with van der Waals surface area (Å²) in [6, 6.07) is 8.76. The van der Waals surface area contributed by atoms with Crippen molar-refractivity contribution in [1.82, 2.24) is 10.2 Å². The van der Waals surface area contributed by atoms with Gasteiger partial charge in [-0.1, -0.05) is 23.2 Å². The molecule has 33 heavy (non-hydrogen) atoms. The summed E-state index contributed by atoms with van der Waals surface area (Å²) >= 11 is 12.2. The zero-order valence-electron chi connectivity index (χ0n) is 18.1. The first-order valence-corrected chi connectivity index (χ1v) is 11.5. The van der Waals surface area contributed by atoms with Crippen molar-refractivity contribution in [3.63, 3.8) is 0 Å². The number of hydrogen-bond acceptors (Lipinski definition) is 5. The van der Waals surface area contributed by atoms with Crippen LogP contribution in [-0.2, 0) is 16.1 Å². The highest BCUT2D eigenvalue weighted by Gasteiger charge is 2.39. The number of likely N-dealkylation sites (tertiary alicyclic amines) is 1. The topological polar surface area (TPSA) is 84.9 Å². The van der Waals surface area contributed by atoms with Crippen LogP contribution in [0.2, 0.25) is 10.0 Å². The highest BCUT2D eigenvalue weighted by Crippen LogP contribution is 2.32. The number of amides is 3. The Balaban J connectivity index is 1.45. The smallest absolute Gasteiger partial charge is 0.252 e. The van der Waals surface area contributed by atoms with Crippen molar-refractivity contribution < 1.29 is 23.9 Å². The average Bonchev–Trinajstić information content (AvgIpc) is 3.40. The lowest BCUT2D eigenvalue weighted by Gasteiger charge is -2.18. The Hall–Kier alpha value is -2.77. The SMILES string of the molecule is COc1ccc(C(=O)N[C@@H]2CC(=O)N(Cc3cc(Cl)ccc3Cl)C2=O)cc1OC1CCCC1. The van der Waals surface area contributed by atoms with E-state index in [1.54, 1.807) is 43.5 Å². The third-order valence-electron chi connectivity index (χ3n) is 5.91. The minimum Gasteiger partial charge on any atom is -0.493 e. The van der Waals surface area contributed by atoms with Crippen LogP contribution in [0.3, 0.4) is 0 Å². The van der Waals surface area contributed by atoms with Crippen LogP contribution in [0, 0.1) is 0 Å². The molecule has 4 rings (SSSR count). The molecule has 0 radical (unpaired) electrons. The Kier molecular flexibility index (Phi) is 7.10. The van der Waals surface area contributed by atoms with Gasteiger partial charge in [0.15, 0.2) is 11.5 Å². The number of halogens is 2. The standard InChI is InChI=1S/C24H24Cl2N2O5/c1-32-20-9-6-14(11-21(20)33-17-4-2-3-5-17)23(30)27-19-12-22(29)28(24(19)31)13-15-10-16(25)7-8-18(15)26/h6-11,17,19H,2-5,12-13H2,1H3,(H,27,30)/t19-/m1/s1. The van der Waals surface area contributed by atoms with Gasteiger partial charge >= 0.3 is 0 Å². The van der Waals surface area contributed by atoms with Crippen molar-refractivity contribution in [2.45, 2.75) is 50.8 Å². The summed E-state index contributed by atoms with van der Waals surface area (Å²) in [5.41, 5.74) is 0.877. The van der Waals surface area contributed by atoms with E-state index < -0.39 is 17.9 Å². The van der Waals surface area contributed by atoms with Gasteiger partial charge in [0.05, 0.1) is 26.2 Å². The monoisotopic (exact) mass is 490 g/mol. The number of nitrogens with zero attached hydrogens (tertiary/aromatic N) is 1. The number of rotatable bonds is 7. The predicted octanol–water partition coefficient (Wildman–Crippen LogP) is 4.38. The van der Waals surface area contributed by atoms with Gasteiger partial charge in [-0.05, 0) is 67.6 Å². The first-order chi connectivity index (χ1) is 15.9. The summed E-state index contributed by atoms with van der Waals surface area (Å²) in [5.74, 6) is -0.317. The van der Waals surface area contributed by atoms with E-state index in [1.807, 2.05) is 0 Å². The van der Waals surface area contributed by atoms with E-state index in [1.165, 1.54) is 0 Å². The maximum absolute atomic E-state index is 12.9. The van der Waals surface area contributed by atoms with Crippen LogP contribution >= 0.6 is 23.2 Å². The van der Waals surface area contributed by atoms with Crippen LogP contribution in [-0.4, -0.2) is 41.9 Å². The summed E-state index contributed by atoms with van der Waals surface area (Å²) < 4.78 is 11.4. The van der Waals surface area contributed by atoms with Crippen LogP contribution < -0.4 is 14.8 Å². The second-order valence-electron chi connectivity index (χ2n) is 8.17. The normalized spacial score (nSPS) is 18.6. The number of carbonyl (C=O) groups is 3. The maximum atomic E-state index is 12.9. The Bertz CT molecular complexity index is 1080. The largest absolute Gasteiger partial charge is 0.493 e. The summed E-state index contributed by atoms with van der Waals surface area (Å²) in [7, 11) is 1.54. The van der Waals surface area contributed by atoms with Crippen molar-refractivity contribution >= 4 is 40.9 Å². The fourth-order valence-electron chi connectivity index (χ4n) is 4.13. The number of hydrogen-bond donors (Lipinski definition) is 1. The second kappa shape index (κ2) is 10.0. The molecule has 2 aliphatic rings. The van der Waals surface area contributed by atoms with Crippen molar-refractivity contribution in [3.05, 3.63) is 57.6 Å². The van der Waals surface area contributed by atoms with Crippen LogP contribution in [0.25, 0.3) is 0 Å². The molecule has 0 bridgehead atoms. The van der Waals surface area contributed by atoms with Gasteiger partial charge in [-0.15, -0.1) is 0 Å². The molecule has 2 aromatic carbocycles. The highest BCUT2D eigenvalue weighted by atomic mass is 35.5. The molecule has 2 aromatic rings. The molecule has 1 atom stereocenters. The molecule has 3 amide bonds. The van der Waals surface area contributed by atoms with Crippen molar-refractivity contribution in [2.24, 2.45) is 0 Å². The molecular formula is C24H24Cl2N2O5. The van der Waals surface area contributed by atoms with Gasteiger partial charge in [-0.3, -0.25) is 19.3 Å². The van der Waals surface area contributed by atoms with Gasteiger partial charge in [0.1, 0.15) is 6.04 Å². The van der Waals surface area contributed by atoms with E-state index in [0.29, 0.717) is 32.7 Å². The Morgan fingerprint density at radius 1 is 1.09 bits per heavy atom. The molecule has 0 aromatic heterocycles. The molecule has 1 heterocycles. The van der Waals surface area contributed by atoms with Crippen molar-refractivity contribution in [1.29, 1.82) is 0 Å². The van der Waals surface area contributed by atoms with Crippen molar-refractivity contribution in [3.8, 4) is 11.5 Å². The van der Waals surface area contributed by atoms with Crippen LogP contribution in [0.4, 0.5) is 0 Å². The van der Waals surface area contributed by atoms with E-state index in [0.717, 1.165) is 30.6 Å². The number of imide groups is 1. The van der Waals surface area contributed by atoms with E-state index in [9.17, 15) is 14.4 Å². The van der Waals surface area contributed by atoms with E-state index >= 15 is 0 Å². The third-order valence-corrected chi connectivity index (χ3v) is 6.51.